The zero-order chi connectivity index (χ0) is 63.4. The van der Waals surface area contributed by atoms with Gasteiger partial charge in [0, 0.05) is 0 Å². The zero-order valence-electron chi connectivity index (χ0n) is 58.3. The van der Waals surface area contributed by atoms with Crippen LogP contribution in [0.2, 0.25) is 0 Å². The molecule has 0 aliphatic carbocycles. The smallest absolute Gasteiger partial charge is 0.744 e. The maximum absolute atomic E-state index is 11.6. The Kier molecular flexibility index (Phi) is 52.8. The first kappa shape index (κ1) is 83.9. The molecule has 0 saturated heterocycles. The van der Waals surface area contributed by atoms with Gasteiger partial charge < -0.3 is 9.11 Å². The van der Waals surface area contributed by atoms with E-state index in [0.29, 0.717) is 0 Å². The summed E-state index contributed by atoms with van der Waals surface area (Å²) >= 11 is 0. The van der Waals surface area contributed by atoms with Gasteiger partial charge in [0.05, 0.1) is 9.79 Å². The fourth-order valence-electron chi connectivity index (χ4n) is 13.3. The molecule has 6 nitrogen and oxygen atoms in total. The van der Waals surface area contributed by atoms with Crippen molar-refractivity contribution in [2.24, 2.45) is 0 Å². The van der Waals surface area contributed by atoms with Gasteiger partial charge in [0.1, 0.15) is 20.2 Å². The van der Waals surface area contributed by atoms with Crippen LogP contribution in [0.1, 0.15) is 384 Å². The molecule has 0 aromatic heterocycles. The van der Waals surface area contributed by atoms with Crippen LogP contribution < -0.4 is 0 Å². The van der Waals surface area contributed by atoms with E-state index in [1.165, 1.54) is 368 Å². The van der Waals surface area contributed by atoms with Crippen molar-refractivity contribution >= 4 is 90.7 Å². The second kappa shape index (κ2) is 56.0. The van der Waals surface area contributed by atoms with Crippen molar-refractivity contribution in [3.63, 3.8) is 0 Å². The van der Waals surface area contributed by atoms with Gasteiger partial charge in [-0.3, -0.25) is 0 Å². The first-order valence-electron chi connectivity index (χ1n) is 37.9. The van der Waals surface area contributed by atoms with Crippen LogP contribution in [-0.4, -0.2) is 74.8 Å². The van der Waals surface area contributed by atoms with E-state index in [0.717, 1.165) is 47.2 Å². The van der Waals surface area contributed by atoms with Crippen LogP contribution in [0.4, 0.5) is 0 Å². The van der Waals surface area contributed by atoms with E-state index in [4.69, 9.17) is 0 Å². The largest absolute Gasteiger partial charge is 2.00 e. The summed E-state index contributed by atoms with van der Waals surface area (Å²) < 4.78 is 69.8. The van der Waals surface area contributed by atoms with E-state index >= 15 is 0 Å². The second-order valence-corrected chi connectivity index (χ2v) is 29.9. The van der Waals surface area contributed by atoms with Gasteiger partial charge in [-0.1, -0.05) is 372 Å². The van der Waals surface area contributed by atoms with Crippen LogP contribution in [-0.2, 0) is 45.9 Å². The predicted molar refractivity (Wildman–Crippen MR) is 387 cm³/mol. The topological polar surface area (TPSA) is 114 Å². The molecule has 0 atom stereocenters. The molecule has 9 heteroatoms. The number of benzene rings is 4. The van der Waals surface area contributed by atoms with E-state index in [1.54, 1.807) is 12.1 Å². The van der Waals surface area contributed by atoms with Crippen LogP contribution in [0.25, 0.3) is 21.5 Å². The molecule has 0 radical (unpaired) electrons. The Morgan fingerprint density at radius 3 is 0.551 bits per heavy atom. The normalized spacial score (nSPS) is 11.8. The van der Waals surface area contributed by atoms with Gasteiger partial charge in [0.15, 0.2) is 0 Å². The minimum Gasteiger partial charge on any atom is -0.744 e. The van der Waals surface area contributed by atoms with Gasteiger partial charge in [-0.05, 0) is 119 Å². The summed E-state index contributed by atoms with van der Waals surface area (Å²) in [4.78, 5) is -0.248. The van der Waals surface area contributed by atoms with Crippen LogP contribution in [0.5, 0.6) is 0 Å². The van der Waals surface area contributed by atoms with Crippen LogP contribution in [0, 0.1) is 0 Å². The van der Waals surface area contributed by atoms with E-state index in [2.05, 4.69) is 52.0 Å². The van der Waals surface area contributed by atoms with E-state index in [-0.39, 0.29) is 58.7 Å². The van der Waals surface area contributed by atoms with Crippen molar-refractivity contribution < 1.29 is 25.9 Å². The van der Waals surface area contributed by atoms with Gasteiger partial charge in [0.25, 0.3) is 0 Å². The third kappa shape index (κ3) is 42.8. The first-order valence-corrected chi connectivity index (χ1v) is 40.8. The van der Waals surface area contributed by atoms with Crippen molar-refractivity contribution in [3.8, 4) is 0 Å². The molecular weight excluding hydrogens is 1260 g/mol. The van der Waals surface area contributed by atoms with Crippen LogP contribution >= 0.6 is 0 Å². The van der Waals surface area contributed by atoms with Crippen LogP contribution in [0.3, 0.4) is 0 Å². The number of rotatable bonds is 58. The Bertz CT molecular complexity index is 2370. The molecule has 0 N–H and O–H groups in total. The first-order chi connectivity index (χ1) is 42.9. The minimum absolute atomic E-state index is 0. The number of fused-ring (bicyclic) bond motifs is 2. The average Bonchev–Trinajstić information content (AvgIpc) is 1.38. The zero-order valence-corrected chi connectivity index (χ0v) is 64.4. The monoisotopic (exact) mass is 1390 g/mol. The standard InChI is InChI=1S/2C40H68O3S.Ba/c2*1-3-5-7-9-11-13-15-17-19-21-23-25-27-29-36-33-38-31-32-40(44(41,42)43)35-39(38)34-37(36)30-28-26-24-22-20-18-16-14-12-10-8-6-4-2;/h2*31-35H,3-30H2,1-2H3,(H,41,42,43);/q;;+2/p-2. The Balaban J connectivity index is 0.000000600. The molecule has 0 unspecified atom stereocenters. The van der Waals surface area contributed by atoms with E-state index < -0.39 is 20.2 Å². The Morgan fingerprint density at radius 1 is 0.225 bits per heavy atom. The van der Waals surface area contributed by atoms with E-state index in [9.17, 15) is 25.9 Å². The predicted octanol–water partition coefficient (Wildman–Crippen LogP) is 25.6. The van der Waals surface area contributed by atoms with Gasteiger partial charge in [0.2, 0.25) is 0 Å². The number of hydrogen-bond donors (Lipinski definition) is 0. The summed E-state index contributed by atoms with van der Waals surface area (Å²) in [5.41, 5.74) is 5.52. The molecular formula is C80H134BaO6S2. The van der Waals surface area contributed by atoms with E-state index in [1.807, 2.05) is 12.1 Å². The summed E-state index contributed by atoms with van der Waals surface area (Å²) in [7, 11) is -8.89. The second-order valence-electron chi connectivity index (χ2n) is 27.1. The maximum atomic E-state index is 11.6. The molecule has 0 saturated carbocycles. The third-order valence-corrected chi connectivity index (χ3v) is 20.7. The van der Waals surface area contributed by atoms with Crippen molar-refractivity contribution in [2.45, 2.75) is 397 Å². The van der Waals surface area contributed by atoms with Crippen molar-refractivity contribution in [2.75, 3.05) is 0 Å². The Labute approximate surface area is 591 Å². The van der Waals surface area contributed by atoms with Gasteiger partial charge in [-0.25, -0.2) is 16.8 Å². The molecule has 4 aromatic rings. The van der Waals surface area contributed by atoms with Gasteiger partial charge in [-0.15, -0.1) is 0 Å². The Hall–Kier alpha value is -1.21. The summed E-state index contributed by atoms with van der Waals surface area (Å²) in [5, 5.41) is 3.83. The molecule has 4 aromatic carbocycles. The fraction of sp³-hybridized carbons (Fsp3) is 0.750. The molecule has 0 bridgehead atoms. The number of hydrogen-bond acceptors (Lipinski definition) is 6. The number of unbranched alkanes of at least 4 members (excludes halogenated alkanes) is 48. The summed E-state index contributed by atoms with van der Waals surface area (Å²) in [5.74, 6) is 0. The maximum Gasteiger partial charge on any atom is 2.00 e. The van der Waals surface area contributed by atoms with Crippen molar-refractivity contribution in [1.82, 2.24) is 0 Å². The summed E-state index contributed by atoms with van der Waals surface area (Å²) in [6.07, 6.45) is 74.8. The van der Waals surface area contributed by atoms with Gasteiger partial charge in [-0.2, -0.15) is 0 Å². The summed E-state index contributed by atoms with van der Waals surface area (Å²) in [6, 6.07) is 18.5. The molecule has 0 amide bonds. The van der Waals surface area contributed by atoms with Gasteiger partial charge >= 0.3 is 48.9 Å². The molecule has 0 fully saturated rings. The van der Waals surface area contributed by atoms with Crippen molar-refractivity contribution in [3.05, 3.63) is 82.9 Å². The van der Waals surface area contributed by atoms with Crippen molar-refractivity contribution in [1.29, 1.82) is 0 Å². The van der Waals surface area contributed by atoms with Crippen LogP contribution in [0.15, 0.2) is 70.5 Å². The summed E-state index contributed by atoms with van der Waals surface area (Å²) in [6.45, 7) is 9.12. The molecule has 0 aliphatic rings. The molecule has 0 spiro atoms. The minimum atomic E-state index is -4.44. The average molecular weight is 1390 g/mol. The fourth-order valence-corrected chi connectivity index (χ4v) is 14.3. The molecule has 0 heterocycles. The molecule has 0 aliphatic heterocycles. The Morgan fingerprint density at radius 2 is 0.382 bits per heavy atom. The number of aryl methyl sites for hydroxylation is 4. The quantitative estimate of drug-likeness (QED) is 0.0247. The molecule has 89 heavy (non-hydrogen) atoms. The SMILES string of the molecule is CCCCCCCCCCCCCCCc1cc2ccc(S(=O)(=O)[O-])cc2cc1CCCCCCCCCCCCCCC.CCCCCCCCCCCCCCCc1cc2ccc(S(=O)(=O)[O-])cc2cc1CCCCCCCCCCCCCCC.[Ba+2]. The molecule has 504 valence electrons. The molecule has 4 rings (SSSR count). The third-order valence-electron chi connectivity index (χ3n) is 19.0.